The highest BCUT2D eigenvalue weighted by molar-refractivity contribution is 5.94. The molecule has 2 aromatic rings. The molecular weight excluding hydrogens is 354 g/mol. The molecule has 1 saturated carbocycles. The van der Waals surface area contributed by atoms with Crippen LogP contribution in [0.5, 0.6) is 17.2 Å². The number of nitrogens with one attached hydrogen (secondary N) is 1. The number of methoxy groups -OCH3 is 2. The number of rotatable bonds is 7. The van der Waals surface area contributed by atoms with Crippen molar-refractivity contribution < 1.29 is 19.0 Å². The second-order valence-corrected chi connectivity index (χ2v) is 7.15. The van der Waals surface area contributed by atoms with Gasteiger partial charge < -0.3 is 19.5 Å². The maximum atomic E-state index is 12.7. The van der Waals surface area contributed by atoms with Crippen LogP contribution in [0, 0.1) is 0 Å². The van der Waals surface area contributed by atoms with Crippen molar-refractivity contribution in [1.82, 2.24) is 5.32 Å². The molecule has 0 bridgehead atoms. The summed E-state index contributed by atoms with van der Waals surface area (Å²) in [5.74, 6) is 2.19. The number of hydrogen-bond acceptors (Lipinski definition) is 4. The third-order valence-corrected chi connectivity index (χ3v) is 5.19. The Bertz CT molecular complexity index is 765. The van der Waals surface area contributed by atoms with Crippen LogP contribution in [0.2, 0.25) is 0 Å². The predicted octanol–water partition coefficient (Wildman–Crippen LogP) is 4.74. The van der Waals surface area contributed by atoms with Crippen LogP contribution in [-0.2, 0) is 6.61 Å². The van der Waals surface area contributed by atoms with E-state index in [1.807, 2.05) is 42.5 Å². The van der Waals surface area contributed by atoms with E-state index in [-0.39, 0.29) is 11.9 Å². The van der Waals surface area contributed by atoms with Crippen molar-refractivity contribution in [3.05, 3.63) is 53.6 Å². The monoisotopic (exact) mass is 383 g/mol. The van der Waals surface area contributed by atoms with E-state index in [2.05, 4.69) is 5.32 Å². The van der Waals surface area contributed by atoms with Crippen LogP contribution < -0.4 is 19.5 Å². The van der Waals surface area contributed by atoms with Crippen LogP contribution in [0.25, 0.3) is 0 Å². The van der Waals surface area contributed by atoms with Crippen molar-refractivity contribution in [2.24, 2.45) is 0 Å². The lowest BCUT2D eigenvalue weighted by molar-refractivity contribution is 0.0933. The molecule has 0 heterocycles. The number of benzene rings is 2. The minimum Gasteiger partial charge on any atom is -0.497 e. The fraction of sp³-hybridized carbons (Fsp3) is 0.435. The molecule has 1 amide bonds. The van der Waals surface area contributed by atoms with Gasteiger partial charge in [-0.2, -0.15) is 0 Å². The van der Waals surface area contributed by atoms with Gasteiger partial charge in [0.25, 0.3) is 5.91 Å². The fourth-order valence-corrected chi connectivity index (χ4v) is 3.56. The Kier molecular flexibility index (Phi) is 7.18. The van der Waals surface area contributed by atoms with Crippen molar-refractivity contribution in [1.29, 1.82) is 0 Å². The summed E-state index contributed by atoms with van der Waals surface area (Å²) in [5.41, 5.74) is 1.48. The highest BCUT2D eigenvalue weighted by atomic mass is 16.5. The minimum atomic E-state index is -0.0275. The van der Waals surface area contributed by atoms with E-state index in [0.717, 1.165) is 29.9 Å². The average Bonchev–Trinajstić information content (AvgIpc) is 3.01. The molecule has 5 nitrogen and oxygen atoms in total. The summed E-state index contributed by atoms with van der Waals surface area (Å²) < 4.78 is 16.5. The zero-order valence-electron chi connectivity index (χ0n) is 16.7. The zero-order valence-corrected chi connectivity index (χ0v) is 16.7. The number of amides is 1. The SMILES string of the molecule is COc1ccc(OCc2cc(C(=O)NC3CCCCCC3)ccc2OC)cc1. The molecule has 1 fully saturated rings. The molecular formula is C23H29NO4. The summed E-state index contributed by atoms with van der Waals surface area (Å²) in [6.07, 6.45) is 7.04. The van der Waals surface area contributed by atoms with E-state index in [0.29, 0.717) is 17.9 Å². The van der Waals surface area contributed by atoms with E-state index in [9.17, 15) is 4.79 Å². The molecule has 1 N–H and O–H groups in total. The molecule has 150 valence electrons. The molecule has 1 aliphatic carbocycles. The topological polar surface area (TPSA) is 56.8 Å². The molecule has 2 aromatic carbocycles. The Morgan fingerprint density at radius 1 is 0.929 bits per heavy atom. The number of carbonyl (C=O) groups is 1. The number of ether oxygens (including phenoxy) is 3. The van der Waals surface area contributed by atoms with Crippen LogP contribution in [0.1, 0.15) is 54.4 Å². The fourth-order valence-electron chi connectivity index (χ4n) is 3.56. The standard InChI is InChI=1S/C23H29NO4/c1-26-20-10-12-21(13-11-20)28-16-18-15-17(9-14-22(18)27-2)23(25)24-19-7-5-3-4-6-8-19/h9-15,19H,3-8,16H2,1-2H3,(H,24,25). The van der Waals surface area contributed by atoms with Gasteiger partial charge in [0.05, 0.1) is 14.2 Å². The Hall–Kier alpha value is -2.69. The molecule has 0 atom stereocenters. The molecule has 3 rings (SSSR count). The molecule has 28 heavy (non-hydrogen) atoms. The molecule has 0 radical (unpaired) electrons. The normalized spacial score (nSPS) is 14.8. The Morgan fingerprint density at radius 2 is 1.61 bits per heavy atom. The van der Waals surface area contributed by atoms with Crippen molar-refractivity contribution in [2.45, 2.75) is 51.2 Å². The van der Waals surface area contributed by atoms with Gasteiger partial charge in [0, 0.05) is 17.2 Å². The van der Waals surface area contributed by atoms with E-state index in [4.69, 9.17) is 14.2 Å². The van der Waals surface area contributed by atoms with Gasteiger partial charge in [0.2, 0.25) is 0 Å². The first-order chi connectivity index (χ1) is 13.7. The second-order valence-electron chi connectivity index (χ2n) is 7.15. The third kappa shape index (κ3) is 5.41. The highest BCUT2D eigenvalue weighted by Crippen LogP contribution is 2.24. The minimum absolute atomic E-state index is 0.0275. The molecule has 0 saturated heterocycles. The van der Waals surface area contributed by atoms with Crippen LogP contribution in [0.15, 0.2) is 42.5 Å². The molecule has 0 aliphatic heterocycles. The highest BCUT2D eigenvalue weighted by Gasteiger charge is 2.17. The van der Waals surface area contributed by atoms with E-state index in [1.165, 1.54) is 25.7 Å². The smallest absolute Gasteiger partial charge is 0.251 e. The van der Waals surface area contributed by atoms with E-state index < -0.39 is 0 Å². The van der Waals surface area contributed by atoms with E-state index in [1.54, 1.807) is 14.2 Å². The number of hydrogen-bond donors (Lipinski definition) is 1. The largest absolute Gasteiger partial charge is 0.497 e. The number of carbonyl (C=O) groups excluding carboxylic acids is 1. The zero-order chi connectivity index (χ0) is 19.8. The van der Waals surface area contributed by atoms with Crippen molar-refractivity contribution in [3.63, 3.8) is 0 Å². The maximum absolute atomic E-state index is 12.7. The lowest BCUT2D eigenvalue weighted by Gasteiger charge is -2.17. The van der Waals surface area contributed by atoms with Gasteiger partial charge in [0.15, 0.2) is 0 Å². The van der Waals surface area contributed by atoms with Gasteiger partial charge in [-0.3, -0.25) is 4.79 Å². The van der Waals surface area contributed by atoms with Crippen LogP contribution in [-0.4, -0.2) is 26.2 Å². The first kappa shape index (κ1) is 20.1. The second kappa shape index (κ2) is 10.0. The summed E-state index contributed by atoms with van der Waals surface area (Å²) >= 11 is 0. The van der Waals surface area contributed by atoms with Gasteiger partial charge in [-0.1, -0.05) is 25.7 Å². The third-order valence-electron chi connectivity index (χ3n) is 5.19. The molecule has 0 spiro atoms. The van der Waals surface area contributed by atoms with Crippen LogP contribution in [0.3, 0.4) is 0 Å². The summed E-state index contributed by atoms with van der Waals surface area (Å²) in [4.78, 5) is 12.7. The van der Waals surface area contributed by atoms with Gasteiger partial charge in [-0.05, 0) is 55.3 Å². The molecule has 1 aliphatic rings. The van der Waals surface area contributed by atoms with Crippen molar-refractivity contribution >= 4 is 5.91 Å². The Labute approximate surface area is 167 Å². The first-order valence-electron chi connectivity index (χ1n) is 9.94. The van der Waals surface area contributed by atoms with Crippen LogP contribution in [0.4, 0.5) is 0 Å². The Balaban J connectivity index is 1.67. The summed E-state index contributed by atoms with van der Waals surface area (Å²) in [5, 5.41) is 3.19. The molecule has 5 heteroatoms. The lowest BCUT2D eigenvalue weighted by atomic mass is 10.1. The average molecular weight is 383 g/mol. The summed E-state index contributed by atoms with van der Waals surface area (Å²) in [6.45, 7) is 0.319. The van der Waals surface area contributed by atoms with Crippen LogP contribution >= 0.6 is 0 Å². The predicted molar refractivity (Wildman–Crippen MR) is 109 cm³/mol. The van der Waals surface area contributed by atoms with E-state index >= 15 is 0 Å². The van der Waals surface area contributed by atoms with Crippen molar-refractivity contribution in [3.8, 4) is 17.2 Å². The van der Waals surface area contributed by atoms with Gasteiger partial charge in [-0.25, -0.2) is 0 Å². The van der Waals surface area contributed by atoms with Crippen molar-refractivity contribution in [2.75, 3.05) is 14.2 Å². The summed E-state index contributed by atoms with van der Waals surface area (Å²) in [6, 6.07) is 13.2. The van der Waals surface area contributed by atoms with Gasteiger partial charge in [0.1, 0.15) is 23.9 Å². The molecule has 0 unspecified atom stereocenters. The lowest BCUT2D eigenvalue weighted by Crippen LogP contribution is -2.34. The first-order valence-corrected chi connectivity index (χ1v) is 9.94. The quantitative estimate of drug-likeness (QED) is 0.702. The maximum Gasteiger partial charge on any atom is 0.251 e. The molecule has 0 aromatic heterocycles. The Morgan fingerprint density at radius 3 is 2.25 bits per heavy atom. The summed E-state index contributed by atoms with van der Waals surface area (Å²) in [7, 11) is 3.25. The van der Waals surface area contributed by atoms with Gasteiger partial charge >= 0.3 is 0 Å². The van der Waals surface area contributed by atoms with Gasteiger partial charge in [-0.15, -0.1) is 0 Å².